The number of rotatable bonds is 8. The number of hydrogen-bond acceptors (Lipinski definition) is 3. The zero-order valence-corrected chi connectivity index (χ0v) is 11.3. The highest BCUT2D eigenvalue weighted by atomic mass is 19.3. The van der Waals surface area contributed by atoms with Gasteiger partial charge in [-0.1, -0.05) is 18.2 Å². The third-order valence-electron chi connectivity index (χ3n) is 2.50. The number of nitrogens with two attached hydrogens (primary N) is 1. The fourth-order valence-corrected chi connectivity index (χ4v) is 1.69. The predicted octanol–water partition coefficient (Wildman–Crippen LogP) is 3.15. The molecule has 0 saturated carbocycles. The van der Waals surface area contributed by atoms with Gasteiger partial charge in [0.2, 0.25) is 0 Å². The molecule has 0 heterocycles. The minimum Gasteiger partial charge on any atom is -0.491 e. The summed E-state index contributed by atoms with van der Waals surface area (Å²) in [6, 6.07) is 7.21. The van der Waals surface area contributed by atoms with Crippen LogP contribution in [-0.4, -0.2) is 25.7 Å². The quantitative estimate of drug-likeness (QED) is 0.740. The molecule has 1 aromatic rings. The Labute approximate surface area is 112 Å². The van der Waals surface area contributed by atoms with E-state index in [0.29, 0.717) is 6.42 Å². The van der Waals surface area contributed by atoms with Gasteiger partial charge in [0.05, 0.1) is 6.10 Å². The van der Waals surface area contributed by atoms with E-state index in [9.17, 15) is 8.78 Å². The molecule has 0 amide bonds. The van der Waals surface area contributed by atoms with E-state index >= 15 is 0 Å². The third kappa shape index (κ3) is 5.98. The van der Waals surface area contributed by atoms with Gasteiger partial charge in [-0.05, 0) is 26.3 Å². The molecule has 1 unspecified atom stereocenters. The summed E-state index contributed by atoms with van der Waals surface area (Å²) in [5.74, 6) is 0.735. The minimum absolute atomic E-state index is 0.0587. The second-order valence-electron chi connectivity index (χ2n) is 4.57. The molecule has 1 aromatic carbocycles. The second kappa shape index (κ2) is 8.07. The molecule has 5 heteroatoms. The smallest absolute Gasteiger partial charge is 0.261 e. The summed E-state index contributed by atoms with van der Waals surface area (Å²) in [5, 5.41) is 0. The van der Waals surface area contributed by atoms with E-state index in [0.717, 1.165) is 11.3 Å². The van der Waals surface area contributed by atoms with Gasteiger partial charge in [0, 0.05) is 18.2 Å². The van der Waals surface area contributed by atoms with Crippen LogP contribution in [0.15, 0.2) is 24.3 Å². The molecule has 19 heavy (non-hydrogen) atoms. The molecule has 0 fully saturated rings. The number of ether oxygens (including phenoxy) is 2. The molecule has 2 N–H and O–H groups in total. The predicted molar refractivity (Wildman–Crippen MR) is 70.6 cm³/mol. The van der Waals surface area contributed by atoms with E-state index < -0.39 is 13.0 Å². The molecule has 3 nitrogen and oxygen atoms in total. The number of halogens is 2. The van der Waals surface area contributed by atoms with E-state index in [4.69, 9.17) is 15.2 Å². The Hall–Kier alpha value is -1.20. The molecule has 0 saturated heterocycles. The molecular weight excluding hydrogens is 252 g/mol. The van der Waals surface area contributed by atoms with Crippen LogP contribution >= 0.6 is 0 Å². The lowest BCUT2D eigenvalue weighted by Gasteiger charge is -2.18. The second-order valence-corrected chi connectivity index (χ2v) is 4.57. The van der Waals surface area contributed by atoms with Crippen molar-refractivity contribution in [2.45, 2.75) is 38.8 Å². The van der Waals surface area contributed by atoms with Crippen molar-refractivity contribution >= 4 is 0 Å². The first kappa shape index (κ1) is 15.9. The Morgan fingerprint density at radius 3 is 2.53 bits per heavy atom. The maximum Gasteiger partial charge on any atom is 0.261 e. The SMILES string of the molecule is CC(C)Oc1ccccc1C(N)CCOCC(F)F. The molecular formula is C14H21F2NO2. The Balaban J connectivity index is 2.53. The summed E-state index contributed by atoms with van der Waals surface area (Å²) in [5.41, 5.74) is 6.91. The van der Waals surface area contributed by atoms with Crippen LogP contribution in [0.5, 0.6) is 5.75 Å². The lowest BCUT2D eigenvalue weighted by Crippen LogP contribution is -2.17. The van der Waals surface area contributed by atoms with Crippen LogP contribution in [0.3, 0.4) is 0 Å². The van der Waals surface area contributed by atoms with Gasteiger partial charge in [0.15, 0.2) is 0 Å². The van der Waals surface area contributed by atoms with Gasteiger partial charge in [0.1, 0.15) is 12.4 Å². The van der Waals surface area contributed by atoms with E-state index in [2.05, 4.69) is 0 Å². The Morgan fingerprint density at radius 1 is 1.21 bits per heavy atom. The van der Waals surface area contributed by atoms with Gasteiger partial charge in [-0.15, -0.1) is 0 Å². The average molecular weight is 273 g/mol. The Morgan fingerprint density at radius 2 is 1.89 bits per heavy atom. The summed E-state index contributed by atoms with van der Waals surface area (Å²) in [4.78, 5) is 0. The number of hydrogen-bond donors (Lipinski definition) is 1. The van der Waals surface area contributed by atoms with E-state index in [1.165, 1.54) is 0 Å². The van der Waals surface area contributed by atoms with Crippen molar-refractivity contribution in [1.29, 1.82) is 0 Å². The highest BCUT2D eigenvalue weighted by molar-refractivity contribution is 5.35. The molecule has 1 atom stereocenters. The van der Waals surface area contributed by atoms with Crippen LogP contribution < -0.4 is 10.5 Å². The van der Waals surface area contributed by atoms with E-state index in [1.807, 2.05) is 38.1 Å². The number of alkyl halides is 2. The topological polar surface area (TPSA) is 44.5 Å². The molecule has 0 aliphatic heterocycles. The summed E-state index contributed by atoms with van der Waals surface area (Å²) in [6.45, 7) is 3.54. The van der Waals surface area contributed by atoms with Crippen LogP contribution in [-0.2, 0) is 4.74 Å². The number of benzene rings is 1. The molecule has 0 aliphatic carbocycles. The van der Waals surface area contributed by atoms with Crippen LogP contribution in [0.1, 0.15) is 31.9 Å². The minimum atomic E-state index is -2.44. The molecule has 0 bridgehead atoms. The summed E-state index contributed by atoms with van der Waals surface area (Å²) >= 11 is 0. The average Bonchev–Trinajstić information content (AvgIpc) is 2.34. The van der Waals surface area contributed by atoms with E-state index in [-0.39, 0.29) is 18.8 Å². The number of para-hydroxylation sites is 1. The summed E-state index contributed by atoms with van der Waals surface area (Å²) in [7, 11) is 0. The van der Waals surface area contributed by atoms with Crippen molar-refractivity contribution in [2.75, 3.05) is 13.2 Å². The highest BCUT2D eigenvalue weighted by Crippen LogP contribution is 2.26. The normalized spacial score (nSPS) is 13.0. The fourth-order valence-electron chi connectivity index (χ4n) is 1.69. The van der Waals surface area contributed by atoms with Crippen LogP contribution in [0.2, 0.25) is 0 Å². The summed E-state index contributed by atoms with van der Waals surface area (Å²) < 4.78 is 34.3. The van der Waals surface area contributed by atoms with Crippen LogP contribution in [0.4, 0.5) is 8.78 Å². The first-order valence-corrected chi connectivity index (χ1v) is 6.37. The van der Waals surface area contributed by atoms with Gasteiger partial charge in [-0.2, -0.15) is 0 Å². The van der Waals surface area contributed by atoms with Gasteiger partial charge in [-0.25, -0.2) is 8.78 Å². The van der Waals surface area contributed by atoms with Gasteiger partial charge >= 0.3 is 0 Å². The van der Waals surface area contributed by atoms with Crippen molar-refractivity contribution < 1.29 is 18.3 Å². The highest BCUT2D eigenvalue weighted by Gasteiger charge is 2.13. The van der Waals surface area contributed by atoms with E-state index in [1.54, 1.807) is 0 Å². The standard InChI is InChI=1S/C14H21F2NO2/c1-10(2)19-13-6-4-3-5-11(13)12(17)7-8-18-9-14(15)16/h3-6,10,12,14H,7-9,17H2,1-2H3. The molecule has 0 radical (unpaired) electrons. The monoisotopic (exact) mass is 273 g/mol. The van der Waals surface area contributed by atoms with Crippen molar-refractivity contribution in [1.82, 2.24) is 0 Å². The first-order valence-electron chi connectivity index (χ1n) is 6.37. The van der Waals surface area contributed by atoms with Gasteiger partial charge in [-0.3, -0.25) is 0 Å². The maximum atomic E-state index is 11.9. The molecule has 0 aliphatic rings. The Kier molecular flexibility index (Phi) is 6.73. The molecule has 108 valence electrons. The first-order chi connectivity index (χ1) is 9.00. The molecule has 0 spiro atoms. The zero-order chi connectivity index (χ0) is 14.3. The molecule has 0 aromatic heterocycles. The molecule has 1 rings (SSSR count). The summed E-state index contributed by atoms with van der Waals surface area (Å²) in [6.07, 6.45) is -1.90. The zero-order valence-electron chi connectivity index (χ0n) is 11.3. The lowest BCUT2D eigenvalue weighted by atomic mass is 10.0. The van der Waals surface area contributed by atoms with Crippen molar-refractivity contribution in [3.63, 3.8) is 0 Å². The van der Waals surface area contributed by atoms with Crippen molar-refractivity contribution in [3.8, 4) is 5.75 Å². The van der Waals surface area contributed by atoms with Gasteiger partial charge < -0.3 is 15.2 Å². The van der Waals surface area contributed by atoms with Crippen molar-refractivity contribution in [2.24, 2.45) is 5.73 Å². The van der Waals surface area contributed by atoms with Crippen LogP contribution in [0.25, 0.3) is 0 Å². The van der Waals surface area contributed by atoms with Crippen molar-refractivity contribution in [3.05, 3.63) is 29.8 Å². The van der Waals surface area contributed by atoms with Crippen LogP contribution in [0, 0.1) is 0 Å². The maximum absolute atomic E-state index is 11.9. The third-order valence-corrected chi connectivity index (χ3v) is 2.50. The Bertz CT molecular complexity index is 372. The largest absolute Gasteiger partial charge is 0.491 e. The lowest BCUT2D eigenvalue weighted by molar-refractivity contribution is 0.0151. The fraction of sp³-hybridized carbons (Fsp3) is 0.571. The van der Waals surface area contributed by atoms with Gasteiger partial charge in [0.25, 0.3) is 6.43 Å².